The molecular weight excluding hydrogens is 238 g/mol. The summed E-state index contributed by atoms with van der Waals surface area (Å²) in [6, 6.07) is 10.2. The SMILES string of the molecule is CCCn1nncc1C(=O)CCCc1ccccc1. The second-order valence-corrected chi connectivity index (χ2v) is 4.60. The number of aryl methyl sites for hydroxylation is 2. The number of rotatable bonds is 7. The van der Waals surface area contributed by atoms with Crippen molar-refractivity contribution in [2.75, 3.05) is 0 Å². The van der Waals surface area contributed by atoms with Gasteiger partial charge in [0.15, 0.2) is 5.78 Å². The zero-order valence-electron chi connectivity index (χ0n) is 11.2. The van der Waals surface area contributed by atoms with E-state index in [9.17, 15) is 4.79 Å². The van der Waals surface area contributed by atoms with E-state index in [1.165, 1.54) is 5.56 Å². The molecule has 0 aliphatic heterocycles. The minimum absolute atomic E-state index is 0.134. The highest BCUT2D eigenvalue weighted by Crippen LogP contribution is 2.09. The van der Waals surface area contributed by atoms with Crippen molar-refractivity contribution < 1.29 is 4.79 Å². The Hall–Kier alpha value is -1.97. The summed E-state index contributed by atoms with van der Waals surface area (Å²) in [6.07, 6.45) is 4.86. The Kier molecular flexibility index (Phi) is 4.84. The fourth-order valence-corrected chi connectivity index (χ4v) is 2.08. The zero-order chi connectivity index (χ0) is 13.5. The molecule has 0 spiro atoms. The van der Waals surface area contributed by atoms with Crippen molar-refractivity contribution in [3.8, 4) is 0 Å². The van der Waals surface area contributed by atoms with E-state index < -0.39 is 0 Å². The van der Waals surface area contributed by atoms with E-state index in [1.807, 2.05) is 18.2 Å². The highest BCUT2D eigenvalue weighted by atomic mass is 16.1. The minimum Gasteiger partial charge on any atom is -0.292 e. The van der Waals surface area contributed by atoms with E-state index in [2.05, 4.69) is 29.4 Å². The molecule has 1 aromatic carbocycles. The van der Waals surface area contributed by atoms with Gasteiger partial charge in [-0.1, -0.05) is 42.5 Å². The lowest BCUT2D eigenvalue weighted by atomic mass is 10.1. The van der Waals surface area contributed by atoms with Gasteiger partial charge in [-0.2, -0.15) is 0 Å². The number of carbonyl (C=O) groups excluding carboxylic acids is 1. The van der Waals surface area contributed by atoms with Crippen LogP contribution in [0.1, 0.15) is 42.2 Å². The standard InChI is InChI=1S/C15H19N3O/c1-2-11-18-14(12-16-17-18)15(19)10-6-9-13-7-4-3-5-8-13/h3-5,7-8,12H,2,6,9-11H2,1H3. The lowest BCUT2D eigenvalue weighted by molar-refractivity contribution is 0.0969. The summed E-state index contributed by atoms with van der Waals surface area (Å²) >= 11 is 0. The van der Waals surface area contributed by atoms with Crippen LogP contribution in [-0.4, -0.2) is 20.8 Å². The molecule has 0 atom stereocenters. The quantitative estimate of drug-likeness (QED) is 0.716. The number of hydrogen-bond donors (Lipinski definition) is 0. The molecule has 2 aromatic rings. The van der Waals surface area contributed by atoms with Gasteiger partial charge in [-0.3, -0.25) is 4.79 Å². The number of nitrogens with zero attached hydrogens (tertiary/aromatic N) is 3. The molecular formula is C15H19N3O. The van der Waals surface area contributed by atoms with Gasteiger partial charge < -0.3 is 0 Å². The Morgan fingerprint density at radius 2 is 2.05 bits per heavy atom. The van der Waals surface area contributed by atoms with Crippen LogP contribution in [0.2, 0.25) is 0 Å². The Labute approximate surface area is 113 Å². The van der Waals surface area contributed by atoms with Gasteiger partial charge in [0.2, 0.25) is 0 Å². The Morgan fingerprint density at radius 3 is 2.79 bits per heavy atom. The molecule has 0 aliphatic rings. The fourth-order valence-electron chi connectivity index (χ4n) is 2.08. The van der Waals surface area contributed by atoms with Crippen LogP contribution in [0.15, 0.2) is 36.5 Å². The van der Waals surface area contributed by atoms with Crippen molar-refractivity contribution in [1.82, 2.24) is 15.0 Å². The third-order valence-corrected chi connectivity index (χ3v) is 3.05. The molecule has 2 rings (SSSR count). The van der Waals surface area contributed by atoms with E-state index in [1.54, 1.807) is 10.9 Å². The second-order valence-electron chi connectivity index (χ2n) is 4.60. The summed E-state index contributed by atoms with van der Waals surface area (Å²) in [5, 5.41) is 7.76. The third kappa shape index (κ3) is 3.74. The summed E-state index contributed by atoms with van der Waals surface area (Å²) in [5.74, 6) is 0.134. The maximum absolute atomic E-state index is 12.1. The van der Waals surface area contributed by atoms with E-state index in [-0.39, 0.29) is 5.78 Å². The second kappa shape index (κ2) is 6.83. The number of Topliss-reactive ketones (excluding diaryl/α,β-unsaturated/α-hetero) is 1. The summed E-state index contributed by atoms with van der Waals surface area (Å²) in [6.45, 7) is 2.81. The van der Waals surface area contributed by atoms with Gasteiger partial charge >= 0.3 is 0 Å². The number of benzene rings is 1. The minimum atomic E-state index is 0.134. The maximum atomic E-state index is 12.1. The van der Waals surface area contributed by atoms with Crippen LogP contribution < -0.4 is 0 Å². The molecule has 0 saturated heterocycles. The lowest BCUT2D eigenvalue weighted by Crippen LogP contribution is -2.10. The van der Waals surface area contributed by atoms with Crippen LogP contribution in [0.5, 0.6) is 0 Å². The first-order valence-corrected chi connectivity index (χ1v) is 6.77. The molecule has 0 unspecified atom stereocenters. The van der Waals surface area contributed by atoms with Gasteiger partial charge in [-0.15, -0.1) is 5.10 Å². The molecule has 1 heterocycles. The molecule has 4 heteroatoms. The van der Waals surface area contributed by atoms with Gasteiger partial charge in [-0.05, 0) is 24.8 Å². The molecule has 0 bridgehead atoms. The van der Waals surface area contributed by atoms with Gasteiger partial charge in [0, 0.05) is 13.0 Å². The number of carbonyl (C=O) groups is 1. The van der Waals surface area contributed by atoms with E-state index in [0.717, 1.165) is 25.8 Å². The molecule has 0 saturated carbocycles. The first-order chi connectivity index (χ1) is 9.31. The average Bonchev–Trinajstić information content (AvgIpc) is 2.89. The first kappa shape index (κ1) is 13.5. The fraction of sp³-hybridized carbons (Fsp3) is 0.400. The molecule has 0 N–H and O–H groups in total. The van der Waals surface area contributed by atoms with E-state index in [0.29, 0.717) is 12.1 Å². The normalized spacial score (nSPS) is 10.6. The lowest BCUT2D eigenvalue weighted by Gasteiger charge is -2.04. The summed E-state index contributed by atoms with van der Waals surface area (Å²) in [4.78, 5) is 12.1. The first-order valence-electron chi connectivity index (χ1n) is 6.77. The van der Waals surface area contributed by atoms with Gasteiger partial charge in [0.25, 0.3) is 0 Å². The van der Waals surface area contributed by atoms with Crippen LogP contribution in [-0.2, 0) is 13.0 Å². The Balaban J connectivity index is 1.86. The van der Waals surface area contributed by atoms with Crippen LogP contribution >= 0.6 is 0 Å². The number of ketones is 1. The van der Waals surface area contributed by atoms with Crippen LogP contribution in [0.25, 0.3) is 0 Å². The van der Waals surface area contributed by atoms with Gasteiger partial charge in [-0.25, -0.2) is 4.68 Å². The summed E-state index contributed by atoms with van der Waals surface area (Å²) in [7, 11) is 0. The third-order valence-electron chi connectivity index (χ3n) is 3.05. The Morgan fingerprint density at radius 1 is 1.26 bits per heavy atom. The van der Waals surface area contributed by atoms with Crippen molar-refractivity contribution in [1.29, 1.82) is 0 Å². The van der Waals surface area contributed by atoms with Crippen molar-refractivity contribution in [3.63, 3.8) is 0 Å². The monoisotopic (exact) mass is 257 g/mol. The highest BCUT2D eigenvalue weighted by Gasteiger charge is 2.12. The predicted molar refractivity (Wildman–Crippen MR) is 74.0 cm³/mol. The summed E-state index contributed by atoms with van der Waals surface area (Å²) in [5.41, 5.74) is 1.91. The predicted octanol–water partition coefficient (Wildman–Crippen LogP) is 2.89. The van der Waals surface area contributed by atoms with Crippen molar-refractivity contribution in [2.24, 2.45) is 0 Å². The molecule has 0 fully saturated rings. The smallest absolute Gasteiger partial charge is 0.182 e. The Bertz CT molecular complexity index is 519. The number of hydrogen-bond acceptors (Lipinski definition) is 3. The van der Waals surface area contributed by atoms with Crippen LogP contribution in [0.4, 0.5) is 0 Å². The van der Waals surface area contributed by atoms with Gasteiger partial charge in [0.1, 0.15) is 5.69 Å². The van der Waals surface area contributed by atoms with E-state index >= 15 is 0 Å². The largest absolute Gasteiger partial charge is 0.292 e. The average molecular weight is 257 g/mol. The van der Waals surface area contributed by atoms with Crippen molar-refractivity contribution in [2.45, 2.75) is 39.2 Å². The topological polar surface area (TPSA) is 47.8 Å². The maximum Gasteiger partial charge on any atom is 0.182 e. The van der Waals surface area contributed by atoms with E-state index in [4.69, 9.17) is 0 Å². The summed E-state index contributed by atoms with van der Waals surface area (Å²) < 4.78 is 1.70. The molecule has 0 radical (unpaired) electrons. The van der Waals surface area contributed by atoms with Gasteiger partial charge in [0.05, 0.1) is 6.20 Å². The molecule has 1 aromatic heterocycles. The molecule has 0 aliphatic carbocycles. The molecule has 19 heavy (non-hydrogen) atoms. The van der Waals surface area contributed by atoms with Crippen LogP contribution in [0, 0.1) is 0 Å². The zero-order valence-corrected chi connectivity index (χ0v) is 11.2. The number of aromatic nitrogens is 3. The molecule has 0 amide bonds. The highest BCUT2D eigenvalue weighted by molar-refractivity contribution is 5.94. The van der Waals surface area contributed by atoms with Crippen LogP contribution in [0.3, 0.4) is 0 Å². The van der Waals surface area contributed by atoms with Crippen molar-refractivity contribution in [3.05, 3.63) is 47.8 Å². The van der Waals surface area contributed by atoms with Crippen molar-refractivity contribution >= 4 is 5.78 Å². The molecule has 100 valence electrons. The molecule has 4 nitrogen and oxygen atoms in total.